The van der Waals surface area contributed by atoms with E-state index in [-0.39, 0.29) is 23.9 Å². The average molecular weight is 525 g/mol. The van der Waals surface area contributed by atoms with Crippen LogP contribution in [0.5, 0.6) is 0 Å². The van der Waals surface area contributed by atoms with E-state index in [1.165, 1.54) is 70.6 Å². The predicted octanol–water partition coefficient (Wildman–Crippen LogP) is 8.61. The summed E-state index contributed by atoms with van der Waals surface area (Å²) >= 11 is 0. The Bertz CT molecular complexity index is 865. The minimum absolute atomic E-state index is 0.0240. The second-order valence-electron chi connectivity index (χ2n) is 13.0. The van der Waals surface area contributed by atoms with E-state index in [0.717, 1.165) is 31.2 Å². The van der Waals surface area contributed by atoms with Gasteiger partial charge in [-0.15, -0.1) is 0 Å². The first kappa shape index (κ1) is 30.7. The molecule has 38 heavy (non-hydrogen) atoms. The van der Waals surface area contributed by atoms with Crippen molar-refractivity contribution in [1.82, 2.24) is 10.6 Å². The molecule has 5 unspecified atom stereocenters. The molecular formula is C34H56N2O2. The highest BCUT2D eigenvalue weighted by atomic mass is 16.2. The summed E-state index contributed by atoms with van der Waals surface area (Å²) in [4.78, 5) is 26.7. The Morgan fingerprint density at radius 2 is 1.08 bits per heavy atom. The lowest BCUT2D eigenvalue weighted by Gasteiger charge is -2.35. The molecule has 2 amide bonds. The summed E-state index contributed by atoms with van der Waals surface area (Å²) in [5, 5.41) is 6.71. The van der Waals surface area contributed by atoms with Crippen LogP contribution in [0.25, 0.3) is 0 Å². The molecule has 0 radical (unpaired) electrons. The van der Waals surface area contributed by atoms with Crippen molar-refractivity contribution >= 4 is 11.8 Å². The number of hydrogen-bond acceptors (Lipinski definition) is 2. The second kappa shape index (κ2) is 15.7. The molecule has 0 saturated heterocycles. The van der Waals surface area contributed by atoms with Gasteiger partial charge in [-0.1, -0.05) is 85.5 Å². The molecule has 3 rings (SSSR count). The summed E-state index contributed by atoms with van der Waals surface area (Å²) in [6.07, 6.45) is 18.3. The Balaban J connectivity index is 1.64. The van der Waals surface area contributed by atoms with Crippen LogP contribution >= 0.6 is 0 Å². The lowest BCUT2D eigenvalue weighted by Crippen LogP contribution is -2.41. The number of hydrogen-bond donors (Lipinski definition) is 2. The van der Waals surface area contributed by atoms with Crippen molar-refractivity contribution in [3.05, 3.63) is 34.9 Å². The van der Waals surface area contributed by atoms with Crippen LogP contribution in [0.3, 0.4) is 0 Å². The predicted molar refractivity (Wildman–Crippen MR) is 160 cm³/mol. The van der Waals surface area contributed by atoms with E-state index in [1.807, 2.05) is 25.1 Å². The van der Waals surface area contributed by atoms with Gasteiger partial charge in [-0.2, -0.15) is 0 Å². The molecule has 2 saturated carbocycles. The van der Waals surface area contributed by atoms with Crippen molar-refractivity contribution in [2.24, 2.45) is 23.7 Å². The molecule has 0 aromatic heterocycles. The largest absolute Gasteiger partial charge is 0.349 e. The van der Waals surface area contributed by atoms with Crippen molar-refractivity contribution in [1.29, 1.82) is 0 Å². The minimum Gasteiger partial charge on any atom is -0.349 e. The van der Waals surface area contributed by atoms with E-state index < -0.39 is 0 Å². The Morgan fingerprint density at radius 3 is 1.53 bits per heavy atom. The zero-order chi connectivity index (χ0) is 27.5. The summed E-state index contributed by atoms with van der Waals surface area (Å²) in [5.74, 6) is 2.73. The molecule has 214 valence electrons. The van der Waals surface area contributed by atoms with Crippen molar-refractivity contribution < 1.29 is 9.59 Å². The number of aryl methyl sites for hydroxylation is 1. The Kier molecular flexibility index (Phi) is 12.7. The molecule has 2 fully saturated rings. The molecule has 4 nitrogen and oxygen atoms in total. The van der Waals surface area contributed by atoms with Crippen LogP contribution in [-0.2, 0) is 0 Å². The monoisotopic (exact) mass is 524 g/mol. The van der Waals surface area contributed by atoms with Crippen LogP contribution in [0.15, 0.2) is 18.2 Å². The highest BCUT2D eigenvalue weighted by molar-refractivity contribution is 6.00. The van der Waals surface area contributed by atoms with Gasteiger partial charge in [0, 0.05) is 23.2 Å². The van der Waals surface area contributed by atoms with Gasteiger partial charge in [0.25, 0.3) is 11.8 Å². The quantitative estimate of drug-likeness (QED) is 0.271. The third-order valence-electron chi connectivity index (χ3n) is 9.11. The first-order valence-corrected chi connectivity index (χ1v) is 16.0. The third kappa shape index (κ3) is 9.72. The van der Waals surface area contributed by atoms with Gasteiger partial charge in [-0.05, 0) is 92.9 Å². The third-order valence-corrected chi connectivity index (χ3v) is 9.11. The Labute approximate surface area is 233 Å². The van der Waals surface area contributed by atoms with Gasteiger partial charge < -0.3 is 10.6 Å². The molecule has 0 heterocycles. The fourth-order valence-electron chi connectivity index (χ4n) is 7.31. The first-order valence-electron chi connectivity index (χ1n) is 16.0. The van der Waals surface area contributed by atoms with Crippen LogP contribution in [0.2, 0.25) is 0 Å². The van der Waals surface area contributed by atoms with E-state index in [0.29, 0.717) is 34.8 Å². The molecule has 2 N–H and O–H groups in total. The van der Waals surface area contributed by atoms with Crippen LogP contribution in [0, 0.1) is 30.6 Å². The smallest absolute Gasteiger partial charge is 0.251 e. The number of nitrogens with one attached hydrogen (secondary N) is 2. The van der Waals surface area contributed by atoms with Gasteiger partial charge >= 0.3 is 0 Å². The summed E-state index contributed by atoms with van der Waals surface area (Å²) in [7, 11) is 0. The molecule has 1 aromatic rings. The summed E-state index contributed by atoms with van der Waals surface area (Å²) < 4.78 is 0. The first-order chi connectivity index (χ1) is 18.3. The number of amides is 2. The maximum absolute atomic E-state index is 13.4. The number of carbonyl (C=O) groups excluding carboxylic acids is 2. The lowest BCUT2D eigenvalue weighted by molar-refractivity contribution is 0.0899. The minimum atomic E-state index is -0.0342. The van der Waals surface area contributed by atoms with Crippen molar-refractivity contribution in [3.8, 4) is 0 Å². The average Bonchev–Trinajstić information content (AvgIpc) is 2.88. The van der Waals surface area contributed by atoms with Crippen LogP contribution < -0.4 is 10.6 Å². The van der Waals surface area contributed by atoms with E-state index in [9.17, 15) is 9.59 Å². The normalized spacial score (nSPS) is 27.6. The van der Waals surface area contributed by atoms with E-state index in [2.05, 4.69) is 38.3 Å². The van der Waals surface area contributed by atoms with E-state index in [4.69, 9.17) is 0 Å². The van der Waals surface area contributed by atoms with E-state index in [1.54, 1.807) is 0 Å². The maximum Gasteiger partial charge on any atom is 0.251 e. The van der Waals surface area contributed by atoms with Crippen LogP contribution in [0.4, 0.5) is 0 Å². The molecule has 0 aliphatic heterocycles. The van der Waals surface area contributed by atoms with Gasteiger partial charge in [0.1, 0.15) is 0 Å². The van der Waals surface area contributed by atoms with Gasteiger partial charge in [-0.3, -0.25) is 9.59 Å². The van der Waals surface area contributed by atoms with E-state index >= 15 is 0 Å². The molecule has 1 aromatic carbocycles. The molecule has 2 aliphatic carbocycles. The molecule has 4 heteroatoms. The van der Waals surface area contributed by atoms with Gasteiger partial charge in [0.05, 0.1) is 0 Å². The zero-order valence-electron chi connectivity index (χ0n) is 25.1. The number of carbonyl (C=O) groups is 2. The Hall–Kier alpha value is -1.84. The van der Waals surface area contributed by atoms with Gasteiger partial charge in [-0.25, -0.2) is 0 Å². The molecule has 5 atom stereocenters. The van der Waals surface area contributed by atoms with Gasteiger partial charge in [0.15, 0.2) is 0 Å². The fraction of sp³-hybridized carbons (Fsp3) is 0.765. The van der Waals surface area contributed by atoms with Crippen molar-refractivity contribution in [2.45, 2.75) is 143 Å². The molecule has 0 spiro atoms. The highest BCUT2D eigenvalue weighted by Gasteiger charge is 2.30. The number of unbranched alkanes of at least 4 members (excludes halogenated alkanes) is 3. The SMILES string of the molecule is CCCCC1CC(C)CC(NC(=O)c2cc(C)cc(C(=O)NC3CC(CCCC)CC(CCCC)C3)c2)C1. The van der Waals surface area contributed by atoms with Crippen LogP contribution in [0.1, 0.15) is 150 Å². The maximum atomic E-state index is 13.4. The van der Waals surface area contributed by atoms with Crippen molar-refractivity contribution in [3.63, 3.8) is 0 Å². The number of rotatable bonds is 13. The summed E-state index contributed by atoms with van der Waals surface area (Å²) in [5.41, 5.74) is 2.20. The molecular weight excluding hydrogens is 468 g/mol. The number of benzene rings is 1. The molecule has 0 bridgehead atoms. The topological polar surface area (TPSA) is 58.2 Å². The lowest BCUT2D eigenvalue weighted by atomic mass is 9.74. The van der Waals surface area contributed by atoms with Gasteiger partial charge in [0.2, 0.25) is 0 Å². The van der Waals surface area contributed by atoms with Crippen LogP contribution in [-0.4, -0.2) is 23.9 Å². The summed E-state index contributed by atoms with van der Waals surface area (Å²) in [6, 6.07) is 6.14. The highest BCUT2D eigenvalue weighted by Crippen LogP contribution is 2.36. The standard InChI is InChI=1S/C34H56N2O2/c1-6-9-12-26-15-24(4)18-31(20-26)35-33(37)29-16-25(5)17-30(23-29)34(38)36-32-21-27(13-10-7-2)19-28(22-32)14-11-8-3/h16-17,23-24,26-28,31-32H,6-15,18-22H2,1-5H3,(H,35,37)(H,36,38). The fourth-order valence-corrected chi connectivity index (χ4v) is 7.31. The zero-order valence-corrected chi connectivity index (χ0v) is 25.1. The molecule has 2 aliphatic rings. The Morgan fingerprint density at radius 1 is 0.658 bits per heavy atom. The van der Waals surface area contributed by atoms with Crippen molar-refractivity contribution in [2.75, 3.05) is 0 Å². The summed E-state index contributed by atoms with van der Waals surface area (Å²) in [6.45, 7) is 11.1. The second-order valence-corrected chi connectivity index (χ2v) is 13.0.